The van der Waals surface area contributed by atoms with Crippen LogP contribution in [0.1, 0.15) is 25.8 Å². The number of rotatable bonds is 7. The van der Waals surface area contributed by atoms with E-state index in [2.05, 4.69) is 5.32 Å². The Balaban J connectivity index is 2.49. The fraction of sp³-hybridized carbons (Fsp3) is 0.500. The van der Waals surface area contributed by atoms with Crippen LogP contribution in [0.15, 0.2) is 18.2 Å². The van der Waals surface area contributed by atoms with Crippen molar-refractivity contribution < 1.29 is 18.7 Å². The van der Waals surface area contributed by atoms with Crippen molar-refractivity contribution in [2.75, 3.05) is 6.54 Å². The summed E-state index contributed by atoms with van der Waals surface area (Å²) in [6.07, 6.45) is 0.569. The highest BCUT2D eigenvalue weighted by molar-refractivity contribution is 5.70. The van der Waals surface area contributed by atoms with Gasteiger partial charge < -0.3 is 10.4 Å². The second-order valence-corrected chi connectivity index (χ2v) is 5.07. The minimum Gasteiger partial charge on any atom is -0.481 e. The molecule has 1 aromatic rings. The van der Waals surface area contributed by atoms with Crippen molar-refractivity contribution in [3.8, 4) is 0 Å². The zero-order valence-electron chi connectivity index (χ0n) is 11.1. The minimum atomic E-state index is -0.855. The van der Waals surface area contributed by atoms with E-state index in [1.807, 2.05) is 13.8 Å². The summed E-state index contributed by atoms with van der Waals surface area (Å²) < 4.78 is 25.9. The van der Waals surface area contributed by atoms with E-state index in [9.17, 15) is 13.6 Å². The van der Waals surface area contributed by atoms with Crippen molar-refractivity contribution in [1.82, 2.24) is 5.32 Å². The highest BCUT2D eigenvalue weighted by atomic mass is 19.1. The first-order valence-corrected chi connectivity index (χ1v) is 6.27. The third-order valence-corrected chi connectivity index (χ3v) is 2.75. The molecule has 0 fully saturated rings. The summed E-state index contributed by atoms with van der Waals surface area (Å²) in [5.74, 6) is -2.32. The number of benzene rings is 1. The lowest BCUT2D eigenvalue weighted by Gasteiger charge is -2.15. The maximum absolute atomic E-state index is 13.0. The van der Waals surface area contributed by atoms with Gasteiger partial charge in [-0.3, -0.25) is 4.79 Å². The largest absolute Gasteiger partial charge is 0.481 e. The molecule has 1 atom stereocenters. The third-order valence-electron chi connectivity index (χ3n) is 2.75. The third kappa shape index (κ3) is 5.79. The number of hydrogen-bond donors (Lipinski definition) is 2. The Bertz CT molecular complexity index is 415. The van der Waals surface area contributed by atoms with Crippen LogP contribution >= 0.6 is 0 Å². The van der Waals surface area contributed by atoms with Crippen LogP contribution in [0.2, 0.25) is 0 Å². The molecule has 3 nitrogen and oxygen atoms in total. The zero-order valence-corrected chi connectivity index (χ0v) is 11.1. The average molecular weight is 271 g/mol. The molecule has 2 N–H and O–H groups in total. The van der Waals surface area contributed by atoms with Crippen molar-refractivity contribution in [1.29, 1.82) is 0 Å². The van der Waals surface area contributed by atoms with E-state index in [4.69, 9.17) is 5.11 Å². The van der Waals surface area contributed by atoms with Gasteiger partial charge in [0.05, 0.1) is 5.92 Å². The molecule has 106 valence electrons. The molecule has 0 bridgehead atoms. The van der Waals surface area contributed by atoms with E-state index in [-0.39, 0.29) is 19.0 Å². The Labute approximate surface area is 111 Å². The number of carboxylic acids is 1. The molecule has 0 aliphatic heterocycles. The molecule has 5 heteroatoms. The van der Waals surface area contributed by atoms with Gasteiger partial charge in [-0.25, -0.2) is 8.78 Å². The zero-order chi connectivity index (χ0) is 14.4. The molecule has 0 aliphatic carbocycles. The standard InChI is InChI=1S/C14H19F2NO2/c1-9(2)3-11(14(18)19)8-17-7-10-4-12(15)6-13(16)5-10/h4-6,9,11,17H,3,7-8H2,1-2H3,(H,18,19). The second kappa shape index (κ2) is 7.19. The molecular formula is C14H19F2NO2. The van der Waals surface area contributed by atoms with Gasteiger partial charge in [0.1, 0.15) is 11.6 Å². The Hall–Kier alpha value is -1.49. The maximum Gasteiger partial charge on any atom is 0.307 e. The molecule has 0 amide bonds. The molecule has 1 aromatic carbocycles. The van der Waals surface area contributed by atoms with Crippen molar-refractivity contribution in [3.63, 3.8) is 0 Å². The first-order valence-electron chi connectivity index (χ1n) is 6.27. The SMILES string of the molecule is CC(C)CC(CNCc1cc(F)cc(F)c1)C(=O)O. The monoisotopic (exact) mass is 271 g/mol. The van der Waals surface area contributed by atoms with Gasteiger partial charge in [-0.1, -0.05) is 13.8 Å². The van der Waals surface area contributed by atoms with E-state index in [0.29, 0.717) is 12.0 Å². The maximum atomic E-state index is 13.0. The molecule has 19 heavy (non-hydrogen) atoms. The fourth-order valence-corrected chi connectivity index (χ4v) is 1.94. The first-order chi connectivity index (χ1) is 8.88. The summed E-state index contributed by atoms with van der Waals surface area (Å²) in [4.78, 5) is 11.0. The first kappa shape index (κ1) is 15.6. The smallest absolute Gasteiger partial charge is 0.307 e. The molecule has 0 saturated heterocycles. The van der Waals surface area contributed by atoms with Gasteiger partial charge in [0, 0.05) is 19.2 Å². The highest BCUT2D eigenvalue weighted by Gasteiger charge is 2.18. The van der Waals surface area contributed by atoms with E-state index < -0.39 is 23.5 Å². The molecule has 0 radical (unpaired) electrons. The minimum absolute atomic E-state index is 0.247. The molecule has 0 saturated carbocycles. The van der Waals surface area contributed by atoms with Crippen molar-refractivity contribution in [2.24, 2.45) is 11.8 Å². The number of carbonyl (C=O) groups is 1. The molecule has 0 heterocycles. The van der Waals surface area contributed by atoms with Gasteiger partial charge in [-0.05, 0) is 30.0 Å². The number of carboxylic acid groups (broad SMARTS) is 1. The topological polar surface area (TPSA) is 49.3 Å². The number of nitrogens with one attached hydrogen (secondary N) is 1. The van der Waals surface area contributed by atoms with Gasteiger partial charge in [0.2, 0.25) is 0 Å². The summed E-state index contributed by atoms with van der Waals surface area (Å²) in [6, 6.07) is 3.27. The van der Waals surface area contributed by atoms with Crippen LogP contribution in [0, 0.1) is 23.5 Å². The summed E-state index contributed by atoms with van der Waals surface area (Å²) in [5.41, 5.74) is 0.464. The van der Waals surface area contributed by atoms with Crippen LogP contribution in [0.25, 0.3) is 0 Å². The normalized spacial score (nSPS) is 12.7. The summed E-state index contributed by atoms with van der Waals surface area (Å²) in [5, 5.41) is 12.0. The van der Waals surface area contributed by atoms with Crippen molar-refractivity contribution in [2.45, 2.75) is 26.8 Å². The Morgan fingerprint density at radius 2 is 1.84 bits per heavy atom. The van der Waals surface area contributed by atoms with Crippen molar-refractivity contribution >= 4 is 5.97 Å². The molecular weight excluding hydrogens is 252 g/mol. The number of hydrogen-bond acceptors (Lipinski definition) is 2. The molecule has 0 spiro atoms. The highest BCUT2D eigenvalue weighted by Crippen LogP contribution is 2.12. The lowest BCUT2D eigenvalue weighted by Crippen LogP contribution is -2.29. The second-order valence-electron chi connectivity index (χ2n) is 5.07. The van der Waals surface area contributed by atoms with Gasteiger partial charge in [0.25, 0.3) is 0 Å². The van der Waals surface area contributed by atoms with Crippen LogP contribution in [0.5, 0.6) is 0 Å². The van der Waals surface area contributed by atoms with E-state index in [1.165, 1.54) is 12.1 Å². The number of aliphatic carboxylic acids is 1. The van der Waals surface area contributed by atoms with Crippen LogP contribution in [0.3, 0.4) is 0 Å². The van der Waals surface area contributed by atoms with Crippen LogP contribution in [0.4, 0.5) is 8.78 Å². The van der Waals surface area contributed by atoms with Crippen molar-refractivity contribution in [3.05, 3.63) is 35.4 Å². The molecule has 1 unspecified atom stereocenters. The predicted octanol–water partition coefficient (Wildman–Crippen LogP) is 2.80. The Morgan fingerprint density at radius 3 is 2.32 bits per heavy atom. The summed E-state index contributed by atoms with van der Waals surface area (Å²) >= 11 is 0. The lowest BCUT2D eigenvalue weighted by atomic mass is 9.97. The van der Waals surface area contributed by atoms with Crippen LogP contribution in [-0.4, -0.2) is 17.6 Å². The van der Waals surface area contributed by atoms with Gasteiger partial charge in [-0.15, -0.1) is 0 Å². The van der Waals surface area contributed by atoms with Crippen LogP contribution in [-0.2, 0) is 11.3 Å². The fourth-order valence-electron chi connectivity index (χ4n) is 1.94. The average Bonchev–Trinajstić information content (AvgIpc) is 2.25. The van der Waals surface area contributed by atoms with Gasteiger partial charge in [0.15, 0.2) is 0 Å². The number of halogens is 2. The lowest BCUT2D eigenvalue weighted by molar-refractivity contribution is -0.142. The van der Waals surface area contributed by atoms with Gasteiger partial charge in [-0.2, -0.15) is 0 Å². The molecule has 1 rings (SSSR count). The van der Waals surface area contributed by atoms with Crippen LogP contribution < -0.4 is 5.32 Å². The Kier molecular flexibility index (Phi) is 5.89. The summed E-state index contributed by atoms with van der Waals surface area (Å²) in [6.45, 7) is 4.44. The predicted molar refractivity (Wildman–Crippen MR) is 68.6 cm³/mol. The van der Waals surface area contributed by atoms with E-state index in [0.717, 1.165) is 6.07 Å². The summed E-state index contributed by atoms with van der Waals surface area (Å²) in [7, 11) is 0. The quantitative estimate of drug-likeness (QED) is 0.801. The van der Waals surface area contributed by atoms with E-state index in [1.54, 1.807) is 0 Å². The molecule has 0 aromatic heterocycles. The molecule has 0 aliphatic rings. The Morgan fingerprint density at radius 1 is 1.26 bits per heavy atom. The van der Waals surface area contributed by atoms with E-state index >= 15 is 0 Å². The van der Waals surface area contributed by atoms with Gasteiger partial charge >= 0.3 is 5.97 Å².